The zero-order chi connectivity index (χ0) is 30.5. The van der Waals surface area contributed by atoms with E-state index in [9.17, 15) is 0 Å². The van der Waals surface area contributed by atoms with Crippen molar-refractivity contribution in [1.82, 2.24) is 19.4 Å². The third kappa shape index (κ3) is 4.21. The molecule has 0 saturated heterocycles. The lowest BCUT2D eigenvalue weighted by Gasteiger charge is -2.28. The van der Waals surface area contributed by atoms with Gasteiger partial charge in [-0.25, -0.2) is 4.98 Å². The summed E-state index contributed by atoms with van der Waals surface area (Å²) in [6, 6.07) is 52.9. The highest BCUT2D eigenvalue weighted by molar-refractivity contribution is 6.13. The van der Waals surface area contributed by atoms with E-state index in [-0.39, 0.29) is 0 Å². The second-order valence-corrected chi connectivity index (χ2v) is 11.3. The number of para-hydroxylation sites is 3. The van der Waals surface area contributed by atoms with Gasteiger partial charge in [0, 0.05) is 45.7 Å². The number of anilines is 3. The van der Waals surface area contributed by atoms with Gasteiger partial charge in [0.25, 0.3) is 0 Å². The fraction of sp³-hybridized carbons (Fsp3) is 0. The molecule has 0 aliphatic rings. The van der Waals surface area contributed by atoms with Crippen molar-refractivity contribution in [2.75, 3.05) is 4.90 Å². The third-order valence-electron chi connectivity index (χ3n) is 8.64. The Morgan fingerprint density at radius 1 is 0.500 bits per heavy atom. The molecular formula is C41H27N5. The van der Waals surface area contributed by atoms with Gasteiger partial charge in [-0.15, -0.1) is 0 Å². The fourth-order valence-electron chi connectivity index (χ4n) is 6.59. The van der Waals surface area contributed by atoms with Crippen LogP contribution >= 0.6 is 0 Å². The van der Waals surface area contributed by atoms with Crippen LogP contribution in [0, 0.1) is 0 Å². The van der Waals surface area contributed by atoms with Gasteiger partial charge in [0.2, 0.25) is 0 Å². The predicted octanol–water partition coefficient (Wildman–Crippen LogP) is 10.4. The maximum atomic E-state index is 5.04. The standard InChI is InChI=1S/C41H27N5/c1-2-12-28(13-3-1)32-16-4-6-20-37(32)45(30-15-10-14-29(26-30)35-18-8-9-24-42-35)31-22-23-38-34(27-31)40-33(17-11-25-43-40)41-44-36-19-5-7-21-39(36)46(38)41/h1-27H. The quantitative estimate of drug-likeness (QED) is 0.187. The molecule has 4 aromatic heterocycles. The maximum Gasteiger partial charge on any atom is 0.147 e. The number of imidazole rings is 1. The third-order valence-corrected chi connectivity index (χ3v) is 8.64. The van der Waals surface area contributed by atoms with Crippen LogP contribution in [-0.2, 0) is 0 Å². The Morgan fingerprint density at radius 2 is 1.28 bits per heavy atom. The number of hydrogen-bond donors (Lipinski definition) is 0. The van der Waals surface area contributed by atoms with E-state index >= 15 is 0 Å². The molecule has 0 saturated carbocycles. The number of hydrogen-bond acceptors (Lipinski definition) is 4. The van der Waals surface area contributed by atoms with Crippen molar-refractivity contribution in [2.45, 2.75) is 0 Å². The minimum absolute atomic E-state index is 0.916. The van der Waals surface area contributed by atoms with Crippen molar-refractivity contribution in [3.63, 3.8) is 0 Å². The van der Waals surface area contributed by atoms with Gasteiger partial charge in [0.05, 0.1) is 33.4 Å². The summed E-state index contributed by atoms with van der Waals surface area (Å²) >= 11 is 0. The molecule has 0 aliphatic heterocycles. The predicted molar refractivity (Wildman–Crippen MR) is 189 cm³/mol. The van der Waals surface area contributed by atoms with E-state index in [0.717, 1.165) is 77.9 Å². The smallest absolute Gasteiger partial charge is 0.147 e. The first-order chi connectivity index (χ1) is 22.8. The van der Waals surface area contributed by atoms with Gasteiger partial charge >= 0.3 is 0 Å². The molecular weight excluding hydrogens is 562 g/mol. The van der Waals surface area contributed by atoms with Crippen LogP contribution in [0.4, 0.5) is 17.1 Å². The van der Waals surface area contributed by atoms with Crippen molar-refractivity contribution in [3.05, 3.63) is 164 Å². The van der Waals surface area contributed by atoms with Crippen LogP contribution < -0.4 is 4.90 Å². The Hall–Kier alpha value is -6.33. The molecule has 216 valence electrons. The number of aromatic nitrogens is 4. The summed E-state index contributed by atoms with van der Waals surface area (Å²) in [5.41, 5.74) is 12.4. The van der Waals surface area contributed by atoms with Gasteiger partial charge in [-0.3, -0.25) is 14.4 Å². The Balaban J connectivity index is 1.34. The van der Waals surface area contributed by atoms with E-state index in [1.807, 2.05) is 36.7 Å². The average Bonchev–Trinajstić information content (AvgIpc) is 3.53. The summed E-state index contributed by atoms with van der Waals surface area (Å²) in [6.45, 7) is 0. The molecule has 0 unspecified atom stereocenters. The Labute approximate surface area is 265 Å². The lowest BCUT2D eigenvalue weighted by molar-refractivity contribution is 1.27. The number of pyridine rings is 3. The molecule has 5 aromatic carbocycles. The lowest BCUT2D eigenvalue weighted by atomic mass is 10.0. The first-order valence-corrected chi connectivity index (χ1v) is 15.4. The zero-order valence-electron chi connectivity index (χ0n) is 24.8. The maximum absolute atomic E-state index is 5.04. The number of rotatable bonds is 5. The second kappa shape index (κ2) is 10.7. The Kier molecular flexibility index (Phi) is 6.06. The van der Waals surface area contributed by atoms with Crippen LogP contribution in [-0.4, -0.2) is 19.4 Å². The summed E-state index contributed by atoms with van der Waals surface area (Å²) < 4.78 is 2.27. The summed E-state index contributed by atoms with van der Waals surface area (Å²) in [6.07, 6.45) is 3.71. The molecule has 9 rings (SSSR count). The van der Waals surface area contributed by atoms with Crippen molar-refractivity contribution in [2.24, 2.45) is 0 Å². The van der Waals surface area contributed by atoms with Crippen molar-refractivity contribution < 1.29 is 0 Å². The molecule has 5 nitrogen and oxygen atoms in total. The summed E-state index contributed by atoms with van der Waals surface area (Å²) in [4.78, 5) is 16.9. The molecule has 0 fully saturated rings. The number of nitrogens with zero attached hydrogens (tertiary/aromatic N) is 5. The van der Waals surface area contributed by atoms with Crippen LogP contribution in [0.25, 0.3) is 60.9 Å². The first-order valence-electron chi connectivity index (χ1n) is 15.4. The molecule has 0 amide bonds. The average molecular weight is 590 g/mol. The molecule has 0 atom stereocenters. The van der Waals surface area contributed by atoms with Gasteiger partial charge in [0.1, 0.15) is 5.65 Å². The normalized spacial score (nSPS) is 11.5. The lowest BCUT2D eigenvalue weighted by Crippen LogP contribution is -2.11. The molecule has 4 heterocycles. The van der Waals surface area contributed by atoms with E-state index in [1.165, 1.54) is 0 Å². The Morgan fingerprint density at radius 3 is 2.20 bits per heavy atom. The van der Waals surface area contributed by atoms with E-state index in [2.05, 4.69) is 142 Å². The molecule has 0 bridgehead atoms. The zero-order valence-corrected chi connectivity index (χ0v) is 24.8. The van der Waals surface area contributed by atoms with Crippen LogP contribution in [0.2, 0.25) is 0 Å². The molecule has 5 heteroatoms. The fourth-order valence-corrected chi connectivity index (χ4v) is 6.59. The van der Waals surface area contributed by atoms with Gasteiger partial charge in [-0.05, 0) is 78.4 Å². The van der Waals surface area contributed by atoms with E-state index in [1.54, 1.807) is 0 Å². The van der Waals surface area contributed by atoms with Gasteiger partial charge in [0.15, 0.2) is 0 Å². The summed E-state index contributed by atoms with van der Waals surface area (Å²) in [5, 5.41) is 2.09. The molecule has 0 aliphatic carbocycles. The van der Waals surface area contributed by atoms with E-state index in [0.29, 0.717) is 0 Å². The molecule has 0 radical (unpaired) electrons. The first kappa shape index (κ1) is 26.1. The monoisotopic (exact) mass is 589 g/mol. The van der Waals surface area contributed by atoms with Gasteiger partial charge < -0.3 is 4.90 Å². The van der Waals surface area contributed by atoms with Gasteiger partial charge in [-0.1, -0.05) is 78.9 Å². The highest BCUT2D eigenvalue weighted by Gasteiger charge is 2.20. The summed E-state index contributed by atoms with van der Waals surface area (Å²) in [5.74, 6) is 0. The van der Waals surface area contributed by atoms with Crippen LogP contribution in [0.3, 0.4) is 0 Å². The molecule has 0 spiro atoms. The molecule has 46 heavy (non-hydrogen) atoms. The minimum atomic E-state index is 0.916. The van der Waals surface area contributed by atoms with Crippen molar-refractivity contribution in [1.29, 1.82) is 0 Å². The second-order valence-electron chi connectivity index (χ2n) is 11.3. The molecule has 0 N–H and O–H groups in total. The van der Waals surface area contributed by atoms with Crippen molar-refractivity contribution in [3.8, 4) is 22.4 Å². The highest BCUT2D eigenvalue weighted by atomic mass is 15.1. The Bertz CT molecular complexity index is 2540. The molecule has 9 aromatic rings. The van der Waals surface area contributed by atoms with Crippen molar-refractivity contribution >= 4 is 55.5 Å². The summed E-state index contributed by atoms with van der Waals surface area (Å²) in [7, 11) is 0. The van der Waals surface area contributed by atoms with E-state index < -0.39 is 0 Å². The highest BCUT2D eigenvalue weighted by Crippen LogP contribution is 2.43. The topological polar surface area (TPSA) is 46.3 Å². The number of benzene rings is 5. The minimum Gasteiger partial charge on any atom is -0.310 e. The SMILES string of the molecule is c1ccc(-c2ccccc2N(c2cccc(-c3ccccn3)c2)c2ccc3c(c2)c2ncccc2c2nc4ccccc4n32)cc1. The van der Waals surface area contributed by atoms with E-state index in [4.69, 9.17) is 9.97 Å². The number of fused-ring (bicyclic) bond motifs is 8. The van der Waals surface area contributed by atoms with Crippen LogP contribution in [0.1, 0.15) is 0 Å². The van der Waals surface area contributed by atoms with Crippen LogP contribution in [0.15, 0.2) is 164 Å². The van der Waals surface area contributed by atoms with Gasteiger partial charge in [-0.2, -0.15) is 0 Å². The largest absolute Gasteiger partial charge is 0.310 e. The van der Waals surface area contributed by atoms with Crippen LogP contribution in [0.5, 0.6) is 0 Å².